The smallest absolute Gasteiger partial charge is 0.0457 e. The van der Waals surface area contributed by atoms with Crippen LogP contribution in [0.1, 0.15) is 13.8 Å². The van der Waals surface area contributed by atoms with Crippen molar-refractivity contribution in [3.63, 3.8) is 0 Å². The van der Waals surface area contributed by atoms with E-state index >= 15 is 0 Å². The zero-order chi connectivity index (χ0) is 6.78. The molecule has 0 aliphatic carbocycles. The molecule has 0 aliphatic rings. The molecule has 50 valence electrons. The summed E-state index contributed by atoms with van der Waals surface area (Å²) in [6, 6.07) is -0.560. The van der Waals surface area contributed by atoms with Crippen molar-refractivity contribution in [3.05, 3.63) is 0 Å². The van der Waals surface area contributed by atoms with Gasteiger partial charge in [0.1, 0.15) is 13.4 Å². The van der Waals surface area contributed by atoms with Gasteiger partial charge in [-0.15, -0.1) is 0 Å². The summed E-state index contributed by atoms with van der Waals surface area (Å²) >= 11 is 0. The first-order valence-corrected chi connectivity index (χ1v) is 2.17. The van der Waals surface area contributed by atoms with Gasteiger partial charge < -0.3 is 0 Å². The van der Waals surface area contributed by atoms with Gasteiger partial charge in [-0.25, -0.2) is 0 Å². The maximum Gasteiger partial charge on any atom is 0.325 e. The topological polar surface area (TPSA) is 12.0 Å². The fraction of sp³-hybridized carbons (Fsp3) is 1.00. The van der Waals surface area contributed by atoms with Crippen LogP contribution in [0.5, 0.6) is 0 Å². The Kier molecular flexibility index (Phi) is 2.24. The first kappa shape index (κ1) is 7.71. The van der Waals surface area contributed by atoms with Crippen LogP contribution >= 0.6 is 0 Å². The molecule has 0 saturated carbocycles. The van der Waals surface area contributed by atoms with Crippen molar-refractivity contribution in [2.24, 2.45) is 0 Å². The van der Waals surface area contributed by atoms with Crippen molar-refractivity contribution in [3.8, 4) is 0 Å². The average Bonchev–Trinajstić information content (AvgIpc) is 1.21. The molecule has 0 aromatic carbocycles. The van der Waals surface area contributed by atoms with E-state index in [9.17, 15) is 13.4 Å². The molecular formula is C3H8F3N2+. The molecule has 0 fully saturated rings. The van der Waals surface area contributed by atoms with E-state index in [0.717, 1.165) is 0 Å². The van der Waals surface area contributed by atoms with Gasteiger partial charge >= 0.3 is 5.26 Å². The molecule has 0 aliphatic heterocycles. The number of hydrogen-bond donors (Lipinski definition) is 1. The van der Waals surface area contributed by atoms with Crippen molar-refractivity contribution in [1.82, 2.24) is 5.43 Å². The normalized spacial score (nSPS) is 12.8. The third-order valence-corrected chi connectivity index (χ3v) is 0.405. The molecule has 2 nitrogen and oxygen atoms in total. The van der Waals surface area contributed by atoms with Crippen molar-refractivity contribution >= 4 is 0 Å². The Balaban J connectivity index is 3.39. The van der Waals surface area contributed by atoms with Crippen LogP contribution in [0.15, 0.2) is 0 Å². The Hall–Kier alpha value is -0.290. The van der Waals surface area contributed by atoms with E-state index in [-0.39, 0.29) is 0 Å². The Morgan fingerprint density at radius 3 is 1.62 bits per heavy atom. The SMILES string of the molecule is CC(C)N[N+](F)(F)F. The molecule has 0 saturated heterocycles. The van der Waals surface area contributed by atoms with E-state index in [1.54, 1.807) is 0 Å². The van der Waals surface area contributed by atoms with Gasteiger partial charge in [-0.3, -0.25) is 0 Å². The standard InChI is InChI=1S/C3H8F3N2/c1-3(2)7-8(4,5)6/h3,7H,1-2H3/q+1. The van der Waals surface area contributed by atoms with Crippen molar-refractivity contribution in [2.45, 2.75) is 19.9 Å². The Bertz CT molecular complexity index is 67.4. The highest BCUT2D eigenvalue weighted by Gasteiger charge is 2.31. The van der Waals surface area contributed by atoms with Crippen molar-refractivity contribution in [2.75, 3.05) is 0 Å². The predicted octanol–water partition coefficient (Wildman–Crippen LogP) is 1.37. The van der Waals surface area contributed by atoms with Gasteiger partial charge in [-0.2, -0.15) is 0 Å². The van der Waals surface area contributed by atoms with Gasteiger partial charge in [0.15, 0.2) is 0 Å². The van der Waals surface area contributed by atoms with Crippen LogP contribution in [0.2, 0.25) is 0 Å². The maximum absolute atomic E-state index is 11.1. The van der Waals surface area contributed by atoms with Crippen LogP contribution in [-0.2, 0) is 0 Å². The van der Waals surface area contributed by atoms with Gasteiger partial charge in [0.05, 0.1) is 6.04 Å². The average molecular weight is 129 g/mol. The molecule has 1 N–H and O–H groups in total. The molecule has 0 heterocycles. The second kappa shape index (κ2) is 2.32. The van der Waals surface area contributed by atoms with Gasteiger partial charge in [-0.05, 0) is 19.3 Å². The van der Waals surface area contributed by atoms with Gasteiger partial charge in [0.25, 0.3) is 0 Å². The molecule has 0 atom stereocenters. The van der Waals surface area contributed by atoms with Crippen LogP contribution in [-0.4, -0.2) is 11.3 Å². The largest absolute Gasteiger partial charge is 0.325 e. The summed E-state index contributed by atoms with van der Waals surface area (Å²) in [5, 5.41) is -3.67. The molecule has 0 bridgehead atoms. The number of quaternary nitrogens is 1. The summed E-state index contributed by atoms with van der Waals surface area (Å²) < 4.78 is 33.4. The predicted molar refractivity (Wildman–Crippen MR) is 21.9 cm³/mol. The number of nitrogens with one attached hydrogen (secondary N) is 1. The molecule has 0 spiro atoms. The van der Waals surface area contributed by atoms with E-state index in [2.05, 4.69) is 0 Å². The number of halogens is 3. The monoisotopic (exact) mass is 129 g/mol. The second-order valence-electron chi connectivity index (χ2n) is 1.73. The zero-order valence-corrected chi connectivity index (χ0v) is 4.66. The van der Waals surface area contributed by atoms with E-state index < -0.39 is 11.3 Å². The third-order valence-electron chi connectivity index (χ3n) is 0.405. The minimum absolute atomic E-state index is 0.560. The Morgan fingerprint density at radius 1 is 1.25 bits per heavy atom. The minimum Gasteiger partial charge on any atom is -0.0457 e. The van der Waals surface area contributed by atoms with E-state index in [0.29, 0.717) is 0 Å². The number of rotatable bonds is 2. The van der Waals surface area contributed by atoms with Gasteiger partial charge in [0, 0.05) is 0 Å². The third kappa shape index (κ3) is 5.71. The first-order valence-electron chi connectivity index (χ1n) is 2.17. The number of hydrogen-bond acceptors (Lipinski definition) is 1. The maximum atomic E-state index is 11.1. The molecule has 8 heavy (non-hydrogen) atoms. The fourth-order valence-electron chi connectivity index (χ4n) is 0.293. The minimum atomic E-state index is -3.67. The molecule has 0 amide bonds. The fourth-order valence-corrected chi connectivity index (χ4v) is 0.293. The van der Waals surface area contributed by atoms with Crippen LogP contribution < -0.4 is 5.43 Å². The molecule has 5 heteroatoms. The lowest BCUT2D eigenvalue weighted by Gasteiger charge is -2.02. The highest BCUT2D eigenvalue weighted by molar-refractivity contribution is 4.35. The summed E-state index contributed by atoms with van der Waals surface area (Å²) in [5.41, 5.74) is 1.32. The zero-order valence-electron chi connectivity index (χ0n) is 4.66. The van der Waals surface area contributed by atoms with Crippen LogP contribution in [0, 0.1) is 0 Å². The molecule has 0 aromatic rings. The molecular weight excluding hydrogens is 121 g/mol. The Morgan fingerprint density at radius 2 is 1.62 bits per heavy atom. The summed E-state index contributed by atoms with van der Waals surface area (Å²) in [6.07, 6.45) is 0. The summed E-state index contributed by atoms with van der Waals surface area (Å²) in [5.74, 6) is 0. The first-order chi connectivity index (χ1) is 3.42. The lowest BCUT2D eigenvalue weighted by atomic mass is 10.4. The second-order valence-corrected chi connectivity index (χ2v) is 1.73. The number of nitrogens with zero attached hydrogens (tertiary/aromatic N) is 1. The summed E-state index contributed by atoms with van der Waals surface area (Å²) in [4.78, 5) is 0. The van der Waals surface area contributed by atoms with Crippen molar-refractivity contribution < 1.29 is 18.7 Å². The van der Waals surface area contributed by atoms with Crippen LogP contribution in [0.4, 0.5) is 13.4 Å². The van der Waals surface area contributed by atoms with Gasteiger partial charge in [0.2, 0.25) is 0 Å². The molecule has 0 rings (SSSR count). The van der Waals surface area contributed by atoms with Crippen LogP contribution in [0.3, 0.4) is 0 Å². The van der Waals surface area contributed by atoms with Crippen molar-refractivity contribution in [1.29, 1.82) is 0 Å². The highest BCUT2D eigenvalue weighted by atomic mass is 19.6. The van der Waals surface area contributed by atoms with Gasteiger partial charge in [-0.1, -0.05) is 0 Å². The quantitative estimate of drug-likeness (QED) is 0.438. The molecule has 0 unspecified atom stereocenters. The van der Waals surface area contributed by atoms with E-state index in [4.69, 9.17) is 0 Å². The molecule has 0 radical (unpaired) electrons. The van der Waals surface area contributed by atoms with Crippen LogP contribution in [0.25, 0.3) is 0 Å². The van der Waals surface area contributed by atoms with E-state index in [1.165, 1.54) is 19.3 Å². The summed E-state index contributed by atoms with van der Waals surface area (Å²) in [6.45, 7) is 2.84. The lowest BCUT2D eigenvalue weighted by molar-refractivity contribution is -1.30. The lowest BCUT2D eigenvalue weighted by Crippen LogP contribution is -2.41. The summed E-state index contributed by atoms with van der Waals surface area (Å²) in [7, 11) is 0. The highest BCUT2D eigenvalue weighted by Crippen LogP contribution is 2.04. The Labute approximate surface area is 45.3 Å². The molecule has 0 aromatic heterocycles. The van der Waals surface area contributed by atoms with E-state index in [1.807, 2.05) is 0 Å².